The summed E-state index contributed by atoms with van der Waals surface area (Å²) in [6.45, 7) is 9.67. The highest BCUT2D eigenvalue weighted by Gasteiger charge is 2.38. The van der Waals surface area contributed by atoms with E-state index in [4.69, 9.17) is 5.73 Å². The molecule has 0 aromatic heterocycles. The number of rotatable bonds is 5. The Labute approximate surface area is 132 Å². The van der Waals surface area contributed by atoms with E-state index in [9.17, 15) is 0 Å². The van der Waals surface area contributed by atoms with Crippen LogP contribution < -0.4 is 5.73 Å². The first-order valence-corrected chi connectivity index (χ1v) is 9.01. The highest BCUT2D eigenvalue weighted by atomic mass is 15.2. The molecule has 4 unspecified atom stereocenters. The van der Waals surface area contributed by atoms with Gasteiger partial charge in [0.25, 0.3) is 0 Å². The molecule has 3 nitrogen and oxygen atoms in total. The third-order valence-corrected chi connectivity index (χ3v) is 6.62. The van der Waals surface area contributed by atoms with Crippen molar-refractivity contribution in [1.82, 2.24) is 9.80 Å². The lowest BCUT2D eigenvalue weighted by molar-refractivity contribution is 0.0626. The van der Waals surface area contributed by atoms with Crippen LogP contribution in [0.5, 0.6) is 0 Å². The fourth-order valence-electron chi connectivity index (χ4n) is 4.35. The van der Waals surface area contributed by atoms with Gasteiger partial charge < -0.3 is 15.5 Å². The van der Waals surface area contributed by atoms with Gasteiger partial charge >= 0.3 is 0 Å². The lowest BCUT2D eigenvalue weighted by Crippen LogP contribution is -2.53. The standard InChI is InChI=1S/C18H37N3/c1-6-18(2,3)14-9-10-16(19)17(12-14)21(5)13-15-8-7-11-20(15)4/h14-17H,6-13,19H2,1-5H3. The first-order valence-electron chi connectivity index (χ1n) is 9.01. The Kier molecular flexibility index (Phi) is 5.72. The van der Waals surface area contributed by atoms with Crippen LogP contribution in [0.4, 0.5) is 0 Å². The second-order valence-corrected chi connectivity index (χ2v) is 8.30. The smallest absolute Gasteiger partial charge is 0.0247 e. The van der Waals surface area contributed by atoms with Gasteiger partial charge in [-0.25, -0.2) is 0 Å². The zero-order valence-corrected chi connectivity index (χ0v) is 14.9. The van der Waals surface area contributed by atoms with Gasteiger partial charge in [0.1, 0.15) is 0 Å². The van der Waals surface area contributed by atoms with E-state index in [1.165, 1.54) is 51.6 Å². The predicted octanol–water partition coefficient (Wildman–Crippen LogP) is 2.94. The topological polar surface area (TPSA) is 32.5 Å². The van der Waals surface area contributed by atoms with E-state index < -0.39 is 0 Å². The molecule has 3 heteroatoms. The summed E-state index contributed by atoms with van der Waals surface area (Å²) in [5.74, 6) is 0.830. The summed E-state index contributed by atoms with van der Waals surface area (Å²) in [4.78, 5) is 5.10. The fraction of sp³-hybridized carbons (Fsp3) is 1.00. The maximum atomic E-state index is 6.48. The quantitative estimate of drug-likeness (QED) is 0.846. The second kappa shape index (κ2) is 6.97. The molecule has 1 saturated carbocycles. The molecule has 0 amide bonds. The molecule has 2 N–H and O–H groups in total. The molecule has 0 aromatic rings. The Balaban J connectivity index is 1.96. The highest BCUT2D eigenvalue weighted by Crippen LogP contribution is 2.41. The Morgan fingerprint density at radius 1 is 1.24 bits per heavy atom. The van der Waals surface area contributed by atoms with Crippen LogP contribution in [0.1, 0.15) is 59.3 Å². The van der Waals surface area contributed by atoms with Crippen LogP contribution in [-0.4, -0.2) is 55.1 Å². The molecule has 2 aliphatic rings. The van der Waals surface area contributed by atoms with Crippen LogP contribution in [0.2, 0.25) is 0 Å². The molecule has 1 aliphatic heterocycles. The first kappa shape index (κ1) is 17.2. The summed E-state index contributed by atoms with van der Waals surface area (Å²) in [5, 5.41) is 0. The van der Waals surface area contributed by atoms with Gasteiger partial charge in [-0.05, 0) is 64.1 Å². The van der Waals surface area contributed by atoms with Crippen LogP contribution in [-0.2, 0) is 0 Å². The number of nitrogens with two attached hydrogens (primary N) is 1. The van der Waals surface area contributed by atoms with E-state index in [1.807, 2.05) is 0 Å². The molecule has 1 aliphatic carbocycles. The van der Waals surface area contributed by atoms with Crippen LogP contribution >= 0.6 is 0 Å². The van der Waals surface area contributed by atoms with Crippen LogP contribution in [0, 0.1) is 11.3 Å². The summed E-state index contributed by atoms with van der Waals surface area (Å²) in [7, 11) is 4.58. The van der Waals surface area contributed by atoms with Crippen LogP contribution in [0.15, 0.2) is 0 Å². The molecule has 1 heterocycles. The van der Waals surface area contributed by atoms with E-state index in [2.05, 4.69) is 44.7 Å². The Morgan fingerprint density at radius 2 is 1.95 bits per heavy atom. The summed E-state index contributed by atoms with van der Waals surface area (Å²) in [6.07, 6.45) is 7.78. The van der Waals surface area contributed by atoms with E-state index >= 15 is 0 Å². The summed E-state index contributed by atoms with van der Waals surface area (Å²) < 4.78 is 0. The zero-order valence-electron chi connectivity index (χ0n) is 14.9. The molecule has 124 valence electrons. The number of nitrogens with zero attached hydrogens (tertiary/aromatic N) is 2. The number of likely N-dealkylation sites (tertiary alicyclic amines) is 1. The Hall–Kier alpha value is -0.120. The molecular weight excluding hydrogens is 258 g/mol. The number of hydrogen-bond acceptors (Lipinski definition) is 3. The monoisotopic (exact) mass is 295 g/mol. The van der Waals surface area contributed by atoms with E-state index in [-0.39, 0.29) is 0 Å². The third kappa shape index (κ3) is 4.00. The van der Waals surface area contributed by atoms with Gasteiger partial charge in [-0.3, -0.25) is 0 Å². The highest BCUT2D eigenvalue weighted by molar-refractivity contribution is 4.94. The second-order valence-electron chi connectivity index (χ2n) is 8.30. The van der Waals surface area contributed by atoms with Crippen molar-refractivity contribution < 1.29 is 0 Å². The minimum atomic E-state index is 0.366. The average Bonchev–Trinajstić information content (AvgIpc) is 2.84. The maximum Gasteiger partial charge on any atom is 0.0247 e. The van der Waals surface area contributed by atoms with Gasteiger partial charge in [-0.1, -0.05) is 27.2 Å². The minimum Gasteiger partial charge on any atom is -0.326 e. The summed E-state index contributed by atoms with van der Waals surface area (Å²) in [5.41, 5.74) is 6.94. The molecule has 2 rings (SSSR count). The Morgan fingerprint density at radius 3 is 2.52 bits per heavy atom. The minimum absolute atomic E-state index is 0.366. The van der Waals surface area contributed by atoms with Gasteiger partial charge in [0.05, 0.1) is 0 Å². The normalized spacial score (nSPS) is 35.6. The van der Waals surface area contributed by atoms with Gasteiger partial charge in [0.2, 0.25) is 0 Å². The van der Waals surface area contributed by atoms with Gasteiger partial charge in [0.15, 0.2) is 0 Å². The summed E-state index contributed by atoms with van der Waals surface area (Å²) in [6, 6.07) is 1.68. The molecule has 2 fully saturated rings. The van der Waals surface area contributed by atoms with Gasteiger partial charge in [0, 0.05) is 24.7 Å². The van der Waals surface area contributed by atoms with Crippen molar-refractivity contribution in [2.24, 2.45) is 17.1 Å². The average molecular weight is 296 g/mol. The first-order chi connectivity index (χ1) is 9.85. The number of likely N-dealkylation sites (N-methyl/N-ethyl adjacent to an activating group) is 2. The van der Waals surface area contributed by atoms with Crippen molar-refractivity contribution in [1.29, 1.82) is 0 Å². The summed E-state index contributed by atoms with van der Waals surface area (Å²) >= 11 is 0. The van der Waals surface area contributed by atoms with Crippen molar-refractivity contribution in [2.45, 2.75) is 77.4 Å². The molecule has 0 aromatic carbocycles. The van der Waals surface area contributed by atoms with Crippen molar-refractivity contribution in [2.75, 3.05) is 27.2 Å². The van der Waals surface area contributed by atoms with E-state index in [0.29, 0.717) is 17.5 Å². The van der Waals surface area contributed by atoms with E-state index in [1.54, 1.807) is 0 Å². The molecule has 0 bridgehead atoms. The molecule has 21 heavy (non-hydrogen) atoms. The largest absolute Gasteiger partial charge is 0.326 e. The third-order valence-electron chi connectivity index (χ3n) is 6.62. The fourth-order valence-corrected chi connectivity index (χ4v) is 4.35. The Bertz CT molecular complexity index is 328. The zero-order chi connectivity index (χ0) is 15.6. The molecule has 1 saturated heterocycles. The van der Waals surface area contributed by atoms with Gasteiger partial charge in [-0.15, -0.1) is 0 Å². The maximum absolute atomic E-state index is 6.48. The number of hydrogen-bond donors (Lipinski definition) is 1. The van der Waals surface area contributed by atoms with Gasteiger partial charge in [-0.2, -0.15) is 0 Å². The van der Waals surface area contributed by atoms with Crippen LogP contribution in [0.3, 0.4) is 0 Å². The molecular formula is C18H37N3. The lowest BCUT2D eigenvalue weighted by atomic mass is 9.67. The lowest BCUT2D eigenvalue weighted by Gasteiger charge is -2.45. The van der Waals surface area contributed by atoms with Crippen molar-refractivity contribution >= 4 is 0 Å². The molecule has 4 atom stereocenters. The SMILES string of the molecule is CCC(C)(C)C1CCC(N)C(N(C)CC2CCCN2C)C1. The van der Waals surface area contributed by atoms with Crippen LogP contribution in [0.25, 0.3) is 0 Å². The van der Waals surface area contributed by atoms with Crippen molar-refractivity contribution in [3.63, 3.8) is 0 Å². The van der Waals surface area contributed by atoms with E-state index in [0.717, 1.165) is 12.0 Å². The predicted molar refractivity (Wildman–Crippen MR) is 91.5 cm³/mol. The molecule has 0 radical (unpaired) electrons. The molecule has 0 spiro atoms. The van der Waals surface area contributed by atoms with Crippen molar-refractivity contribution in [3.05, 3.63) is 0 Å². The van der Waals surface area contributed by atoms with Crippen molar-refractivity contribution in [3.8, 4) is 0 Å².